The number of ether oxygens (including phenoxy) is 1. The van der Waals surface area contributed by atoms with E-state index in [1.807, 2.05) is 0 Å². The van der Waals surface area contributed by atoms with Crippen LogP contribution < -0.4 is 5.32 Å². The molecule has 9 heteroatoms. The lowest BCUT2D eigenvalue weighted by Gasteiger charge is -2.24. The summed E-state index contributed by atoms with van der Waals surface area (Å²) in [5, 5.41) is 30.8. The zero-order valence-electron chi connectivity index (χ0n) is 12.9. The number of amides is 1. The summed E-state index contributed by atoms with van der Waals surface area (Å²) in [6.07, 6.45) is -1.51. The number of hydrogen-bond donors (Lipinski definition) is 4. The molecule has 0 saturated carbocycles. The number of phenols is 1. The number of fused-ring (bicyclic) bond motifs is 1. The molecule has 0 radical (unpaired) electrons. The third-order valence-electron chi connectivity index (χ3n) is 3.64. The summed E-state index contributed by atoms with van der Waals surface area (Å²) >= 11 is 6.09. The average Bonchev–Trinajstić information content (AvgIpc) is 2.46. The van der Waals surface area contributed by atoms with Gasteiger partial charge in [-0.15, -0.1) is 0 Å². The van der Waals surface area contributed by atoms with Crippen LogP contribution in [0.1, 0.15) is 40.1 Å². The topological polar surface area (TPSA) is 133 Å². The van der Waals surface area contributed by atoms with E-state index in [9.17, 15) is 24.6 Å². The first-order valence-corrected chi connectivity index (χ1v) is 7.48. The Morgan fingerprint density at radius 2 is 2.08 bits per heavy atom. The number of aliphatic hydroxyl groups excluding tert-OH is 1. The molecule has 1 aromatic carbocycles. The highest BCUT2D eigenvalue weighted by Crippen LogP contribution is 2.36. The van der Waals surface area contributed by atoms with E-state index >= 15 is 0 Å². The van der Waals surface area contributed by atoms with Gasteiger partial charge in [-0.25, -0.2) is 9.59 Å². The SMILES string of the molecule is C[C@@H]1Cc2c(Cl)cc(C(=O)N[C@H](C(=O)O)[C@@H](C)O)c(O)c2C(=O)O1. The Morgan fingerprint density at radius 3 is 2.62 bits per heavy atom. The van der Waals surface area contributed by atoms with E-state index in [1.165, 1.54) is 6.92 Å². The van der Waals surface area contributed by atoms with Crippen molar-refractivity contribution < 1.29 is 34.4 Å². The van der Waals surface area contributed by atoms with Gasteiger partial charge >= 0.3 is 11.9 Å². The van der Waals surface area contributed by atoms with Crippen molar-refractivity contribution in [2.75, 3.05) is 0 Å². The van der Waals surface area contributed by atoms with Crippen LogP contribution in [0.2, 0.25) is 5.02 Å². The minimum atomic E-state index is -1.58. The van der Waals surface area contributed by atoms with E-state index in [1.54, 1.807) is 6.92 Å². The lowest BCUT2D eigenvalue weighted by molar-refractivity contribution is -0.141. The number of aliphatic carboxylic acids is 1. The smallest absolute Gasteiger partial charge is 0.342 e. The normalized spacial score (nSPS) is 19.0. The van der Waals surface area contributed by atoms with Crippen LogP contribution in [-0.4, -0.2) is 51.4 Å². The number of nitrogens with one attached hydrogen (secondary N) is 1. The monoisotopic (exact) mass is 357 g/mol. The highest BCUT2D eigenvalue weighted by Gasteiger charge is 2.33. The fraction of sp³-hybridized carbons (Fsp3) is 0.400. The quantitative estimate of drug-likeness (QED) is 0.583. The molecule has 1 aliphatic heterocycles. The number of carbonyl (C=O) groups is 3. The van der Waals surface area contributed by atoms with Crippen LogP contribution in [-0.2, 0) is 16.0 Å². The second-order valence-corrected chi connectivity index (χ2v) is 5.97. The molecule has 0 bridgehead atoms. The molecule has 0 fully saturated rings. The van der Waals surface area contributed by atoms with E-state index < -0.39 is 41.8 Å². The van der Waals surface area contributed by atoms with Crippen molar-refractivity contribution in [3.63, 3.8) is 0 Å². The number of rotatable bonds is 4. The standard InChI is InChI=1S/C15H16ClNO7/c1-5-3-7-9(16)4-8(12(19)10(7)15(23)24-5)13(20)17-11(6(2)18)14(21)22/h4-6,11,18-19H,3H2,1-2H3,(H,17,20)(H,21,22)/t5-,6-,11+/m1/s1. The molecule has 0 aromatic heterocycles. The second kappa shape index (κ2) is 6.66. The van der Waals surface area contributed by atoms with Gasteiger partial charge < -0.3 is 25.4 Å². The van der Waals surface area contributed by atoms with Crippen LogP contribution >= 0.6 is 11.6 Å². The van der Waals surface area contributed by atoms with Gasteiger partial charge in [-0.3, -0.25) is 4.79 Å². The predicted molar refractivity (Wildman–Crippen MR) is 82.3 cm³/mol. The van der Waals surface area contributed by atoms with Crippen LogP contribution in [0.4, 0.5) is 0 Å². The maximum atomic E-state index is 12.2. The molecule has 1 amide bonds. The minimum absolute atomic E-state index is 0.0837. The summed E-state index contributed by atoms with van der Waals surface area (Å²) in [5.74, 6) is -3.89. The number of aliphatic hydroxyl groups is 1. The van der Waals surface area contributed by atoms with Gasteiger partial charge in [0.1, 0.15) is 17.4 Å². The number of esters is 1. The van der Waals surface area contributed by atoms with Crippen LogP contribution in [0.15, 0.2) is 6.07 Å². The van der Waals surface area contributed by atoms with E-state index in [2.05, 4.69) is 5.32 Å². The number of halogens is 1. The van der Waals surface area contributed by atoms with Crippen LogP contribution in [0, 0.1) is 0 Å². The van der Waals surface area contributed by atoms with E-state index in [0.29, 0.717) is 5.56 Å². The third-order valence-corrected chi connectivity index (χ3v) is 3.97. The Hall–Kier alpha value is -2.32. The third kappa shape index (κ3) is 3.29. The van der Waals surface area contributed by atoms with Gasteiger partial charge in [0.05, 0.1) is 11.7 Å². The maximum Gasteiger partial charge on any atom is 0.342 e. The van der Waals surface area contributed by atoms with Crippen LogP contribution in [0.3, 0.4) is 0 Å². The molecule has 0 saturated heterocycles. The molecule has 0 aliphatic carbocycles. The van der Waals surface area contributed by atoms with Gasteiger partial charge in [-0.1, -0.05) is 11.6 Å². The number of hydrogen-bond acceptors (Lipinski definition) is 6. The first kappa shape index (κ1) is 18.0. The molecule has 24 heavy (non-hydrogen) atoms. The number of carboxylic acid groups (broad SMARTS) is 1. The number of carboxylic acids is 1. The first-order chi connectivity index (χ1) is 11.1. The molecule has 3 atom stereocenters. The Labute approximate surface area is 142 Å². The largest absolute Gasteiger partial charge is 0.506 e. The highest BCUT2D eigenvalue weighted by molar-refractivity contribution is 6.32. The van der Waals surface area contributed by atoms with Crippen molar-refractivity contribution in [2.24, 2.45) is 0 Å². The van der Waals surface area contributed by atoms with Crippen molar-refractivity contribution in [3.8, 4) is 5.75 Å². The summed E-state index contributed by atoms with van der Waals surface area (Å²) in [6.45, 7) is 2.85. The van der Waals surface area contributed by atoms with Gasteiger partial charge in [0.2, 0.25) is 0 Å². The zero-order valence-corrected chi connectivity index (χ0v) is 13.6. The van der Waals surface area contributed by atoms with Crippen LogP contribution in [0.25, 0.3) is 0 Å². The first-order valence-electron chi connectivity index (χ1n) is 7.10. The maximum absolute atomic E-state index is 12.2. The summed E-state index contributed by atoms with van der Waals surface area (Å²) in [5.41, 5.74) is -0.230. The van der Waals surface area contributed by atoms with Crippen molar-refractivity contribution >= 4 is 29.4 Å². The average molecular weight is 358 g/mol. The van der Waals surface area contributed by atoms with E-state index in [4.69, 9.17) is 21.4 Å². The van der Waals surface area contributed by atoms with Crippen molar-refractivity contribution in [2.45, 2.75) is 38.5 Å². The molecular formula is C15H16ClNO7. The van der Waals surface area contributed by atoms with Crippen molar-refractivity contribution in [3.05, 3.63) is 27.8 Å². The Kier molecular flexibility index (Phi) is 5.00. The zero-order chi connectivity index (χ0) is 18.2. The fourth-order valence-corrected chi connectivity index (χ4v) is 2.73. The van der Waals surface area contributed by atoms with E-state index in [-0.39, 0.29) is 22.6 Å². The minimum Gasteiger partial charge on any atom is -0.506 e. The van der Waals surface area contributed by atoms with E-state index in [0.717, 1.165) is 6.07 Å². The van der Waals surface area contributed by atoms with Crippen molar-refractivity contribution in [1.82, 2.24) is 5.32 Å². The number of carbonyl (C=O) groups excluding carboxylic acids is 2. The number of benzene rings is 1. The molecule has 130 valence electrons. The summed E-state index contributed by atoms with van der Waals surface area (Å²) in [6, 6.07) is -0.434. The van der Waals surface area contributed by atoms with Gasteiger partial charge in [-0.2, -0.15) is 0 Å². The summed E-state index contributed by atoms with van der Waals surface area (Å²) in [4.78, 5) is 35.3. The Morgan fingerprint density at radius 1 is 1.46 bits per heavy atom. The van der Waals surface area contributed by atoms with Gasteiger partial charge in [0, 0.05) is 11.4 Å². The van der Waals surface area contributed by atoms with Gasteiger partial charge in [0.25, 0.3) is 5.91 Å². The Bertz CT molecular complexity index is 716. The fourth-order valence-electron chi connectivity index (χ4n) is 2.45. The molecule has 2 rings (SSSR count). The summed E-state index contributed by atoms with van der Waals surface area (Å²) < 4.78 is 5.02. The van der Waals surface area contributed by atoms with Gasteiger partial charge in [-0.05, 0) is 25.5 Å². The molecule has 0 unspecified atom stereocenters. The molecule has 1 heterocycles. The highest BCUT2D eigenvalue weighted by atomic mass is 35.5. The number of phenolic OH excluding ortho intramolecular Hbond substituents is 1. The molecule has 4 N–H and O–H groups in total. The molecule has 0 spiro atoms. The molecule has 1 aromatic rings. The van der Waals surface area contributed by atoms with Gasteiger partial charge in [0.15, 0.2) is 6.04 Å². The second-order valence-electron chi connectivity index (χ2n) is 5.56. The molecular weight excluding hydrogens is 342 g/mol. The number of aromatic hydroxyl groups is 1. The lowest BCUT2D eigenvalue weighted by Crippen LogP contribution is -2.47. The summed E-state index contributed by atoms with van der Waals surface area (Å²) in [7, 11) is 0. The van der Waals surface area contributed by atoms with Crippen LogP contribution in [0.5, 0.6) is 5.75 Å². The molecule has 1 aliphatic rings. The molecule has 8 nitrogen and oxygen atoms in total. The lowest BCUT2D eigenvalue weighted by atomic mass is 9.95. The predicted octanol–water partition coefficient (Wildman–Crippen LogP) is 0.711. The number of cyclic esters (lactones) is 1. The Balaban J connectivity index is 2.44. The van der Waals surface area contributed by atoms with Crippen molar-refractivity contribution in [1.29, 1.82) is 0 Å².